The van der Waals surface area contributed by atoms with Crippen LogP contribution in [-0.2, 0) is 76.9 Å². The maximum absolute atomic E-state index is 14.3. The number of amides is 10. The van der Waals surface area contributed by atoms with Crippen LogP contribution in [0.2, 0.25) is 0 Å². The molecule has 29 nitrogen and oxygen atoms in total. The number of carbonyl (C=O) groups excluding carboxylic acids is 11. The van der Waals surface area contributed by atoms with Gasteiger partial charge in [-0.15, -0.1) is 23.1 Å². The van der Waals surface area contributed by atoms with Crippen LogP contribution in [0, 0.1) is 5.92 Å². The van der Waals surface area contributed by atoms with Crippen LogP contribution in [0.5, 0.6) is 0 Å². The molecule has 11 atom stereocenters. The fraction of sp³-hybridized carbons (Fsp3) is 0.526. The van der Waals surface area contributed by atoms with Gasteiger partial charge in [0.2, 0.25) is 59.1 Å². The second-order valence-corrected chi connectivity index (χ2v) is 24.0. The number of ketones is 1. The van der Waals surface area contributed by atoms with Gasteiger partial charge in [0.25, 0.3) is 0 Å². The summed E-state index contributed by atoms with van der Waals surface area (Å²) in [6, 6.07) is -3.92. The molecular weight excluding hydrogens is 1190 g/mol. The smallest absolute Gasteiger partial charge is 0.305 e. The number of aryl methyl sites for hydroxylation is 1. The first-order chi connectivity index (χ1) is 42.1. The lowest BCUT2D eigenvalue weighted by molar-refractivity contribution is -0.146. The fourth-order valence-electron chi connectivity index (χ4n) is 10.9. The quantitative estimate of drug-likeness (QED) is 0.0696. The number of hydrogen-bond donors (Lipinski definition) is 13. The summed E-state index contributed by atoms with van der Waals surface area (Å²) >= 11 is 2.65. The minimum atomic E-state index is -1.96. The molecular formula is C57H75N13O16S2. The Bertz CT molecular complexity index is 3180. The number of primary amides is 1. The number of H-pyrrole nitrogens is 1. The summed E-state index contributed by atoms with van der Waals surface area (Å²) < 4.78 is 2.82. The summed E-state index contributed by atoms with van der Waals surface area (Å²) in [6.07, 6.45) is 3.06. The third kappa shape index (κ3) is 17.7. The highest BCUT2D eigenvalue weighted by Gasteiger charge is 2.44. The number of aliphatic carboxylic acids is 1. The van der Waals surface area contributed by atoms with E-state index in [0.29, 0.717) is 42.1 Å². The van der Waals surface area contributed by atoms with E-state index in [4.69, 9.17) is 5.73 Å². The molecule has 3 aliphatic rings. The molecule has 0 saturated carbocycles. The number of thioether (sulfide) groups is 1. The minimum absolute atomic E-state index is 0.0150. The molecule has 0 spiro atoms. The molecule has 6 heterocycles. The van der Waals surface area contributed by atoms with Crippen LogP contribution in [0.25, 0.3) is 10.1 Å². The van der Waals surface area contributed by atoms with E-state index in [-0.39, 0.29) is 69.6 Å². The Balaban J connectivity index is 1.19. The van der Waals surface area contributed by atoms with Crippen molar-refractivity contribution in [2.75, 3.05) is 32.1 Å². The molecule has 1 aromatic carbocycles. The van der Waals surface area contributed by atoms with Crippen molar-refractivity contribution in [3.05, 3.63) is 71.8 Å². The van der Waals surface area contributed by atoms with Crippen LogP contribution < -0.4 is 43.0 Å². The predicted octanol–water partition coefficient (Wildman–Crippen LogP) is -2.52. The van der Waals surface area contributed by atoms with E-state index in [1.165, 1.54) is 49.5 Å². The van der Waals surface area contributed by atoms with Crippen molar-refractivity contribution >= 4 is 104 Å². The van der Waals surface area contributed by atoms with Gasteiger partial charge in [-0.05, 0) is 69.4 Å². The minimum Gasteiger partial charge on any atom is -0.481 e. The molecule has 88 heavy (non-hydrogen) atoms. The Morgan fingerprint density at radius 1 is 0.670 bits per heavy atom. The molecule has 10 amide bonds. The molecule has 0 unspecified atom stereocenters. The number of aromatic nitrogens is 3. The first-order valence-electron chi connectivity index (χ1n) is 28.9. The summed E-state index contributed by atoms with van der Waals surface area (Å²) in [4.78, 5) is 175. The number of aliphatic hydroxyl groups is 3. The fourth-order valence-corrected chi connectivity index (χ4v) is 13.0. The van der Waals surface area contributed by atoms with Gasteiger partial charge in [-0.1, -0.05) is 36.8 Å². The van der Waals surface area contributed by atoms with Crippen molar-refractivity contribution in [1.29, 1.82) is 0 Å². The lowest BCUT2D eigenvalue weighted by Gasteiger charge is -2.32. The van der Waals surface area contributed by atoms with Gasteiger partial charge in [0.15, 0.2) is 0 Å². The maximum atomic E-state index is 14.3. The molecule has 4 aromatic rings. The standard InChI is InChI=1S/C57H75N13O16S2/c1-30(73)20-33-12-6-7-16-68-25-44-35(15-19-87-44)57(68)88-28-41(47(58)77)66-50(80)37(22-34-24-59-29-60-34)61-52(82)39(26-71)64-51(81)38(23-45(75)76)62-49(79)36(21-32-10-4-3-5-11-32)63-53(83)42-13-8-17-69(42)55(85)40(27-72)65-54(84)43-14-9-18-70(43)56(86)46(31(2)74)67-48(33)78/h3-5,10-11,15,19,24-25,29,31,33,36-43,46,71-72,74H,6-9,12-14,16-18,20-23,26-28H2,1-2H3,(H2,58,77)(H,59,60)(H,61,82)(H,62,79)(H,63,83)(H,64,81)(H,65,84)(H,66,80)(H,67,78)(H,75,76)/t31-,33-,36+,37+,38+,39+,40+,41+,42+,43+,46+/m1/s1. The number of thiophene rings is 1. The molecule has 0 radical (unpaired) electrons. The van der Waals surface area contributed by atoms with Crippen molar-refractivity contribution < 1.29 is 78.0 Å². The average Bonchev–Trinajstić information content (AvgIpc) is 4.29. The summed E-state index contributed by atoms with van der Waals surface area (Å²) in [5.41, 5.74) is 6.69. The second-order valence-electron chi connectivity index (χ2n) is 22.0. The van der Waals surface area contributed by atoms with E-state index < -0.39 is 151 Å². The number of Topliss-reactive ketones (excluding diaryl/α,β-unsaturated/α-hetero) is 1. The Labute approximate surface area is 513 Å². The normalized spacial score (nSPS) is 26.3. The van der Waals surface area contributed by atoms with Crippen LogP contribution in [0.15, 0.2) is 65.5 Å². The molecule has 31 heteroatoms. The number of imidazole rings is 1. The van der Waals surface area contributed by atoms with Crippen LogP contribution in [-0.4, -0.2) is 208 Å². The van der Waals surface area contributed by atoms with Gasteiger partial charge in [0.05, 0.1) is 41.8 Å². The number of carboxylic acids is 1. The van der Waals surface area contributed by atoms with E-state index in [9.17, 15) is 78.0 Å². The molecule has 2 saturated heterocycles. The number of nitrogens with zero attached hydrogens (tertiary/aromatic N) is 4. The lowest BCUT2D eigenvalue weighted by Crippen LogP contribution is -2.61. The number of benzene rings is 1. The zero-order chi connectivity index (χ0) is 63.8. The molecule has 476 valence electrons. The van der Waals surface area contributed by atoms with Gasteiger partial charge in [0, 0.05) is 74.0 Å². The molecule has 0 aliphatic carbocycles. The summed E-state index contributed by atoms with van der Waals surface area (Å²) in [5.74, 6) is -12.4. The average molecular weight is 1260 g/mol. The molecule has 7 rings (SSSR count). The van der Waals surface area contributed by atoms with Crippen molar-refractivity contribution in [1.82, 2.24) is 61.6 Å². The highest BCUT2D eigenvalue weighted by molar-refractivity contribution is 7.99. The first kappa shape index (κ1) is 67.3. The number of carboxylic acid groups (broad SMARTS) is 1. The van der Waals surface area contributed by atoms with Gasteiger partial charge in [0.1, 0.15) is 60.2 Å². The number of aliphatic hydroxyl groups excluding tert-OH is 3. The monoisotopic (exact) mass is 1260 g/mol. The summed E-state index contributed by atoms with van der Waals surface area (Å²) in [7, 11) is 0. The Hall–Kier alpha value is -8.26. The van der Waals surface area contributed by atoms with E-state index in [0.717, 1.165) is 19.9 Å². The van der Waals surface area contributed by atoms with Crippen molar-refractivity contribution in [2.24, 2.45) is 11.7 Å². The van der Waals surface area contributed by atoms with Crippen molar-refractivity contribution in [2.45, 2.75) is 157 Å². The Morgan fingerprint density at radius 3 is 1.88 bits per heavy atom. The number of rotatable bonds is 12. The predicted molar refractivity (Wildman–Crippen MR) is 316 cm³/mol. The molecule has 14 N–H and O–H groups in total. The van der Waals surface area contributed by atoms with Crippen molar-refractivity contribution in [3.63, 3.8) is 0 Å². The van der Waals surface area contributed by atoms with E-state index >= 15 is 0 Å². The molecule has 2 fully saturated rings. The molecule has 3 aliphatic heterocycles. The van der Waals surface area contributed by atoms with Gasteiger partial charge < -0.3 is 87.5 Å². The third-order valence-corrected chi connectivity index (χ3v) is 17.6. The molecule has 3 aromatic heterocycles. The van der Waals surface area contributed by atoms with E-state index in [2.05, 4.69) is 47.2 Å². The van der Waals surface area contributed by atoms with E-state index in [1.54, 1.807) is 30.3 Å². The lowest BCUT2D eigenvalue weighted by atomic mass is 9.94. The Kier molecular flexibility index (Phi) is 24.1. The highest BCUT2D eigenvalue weighted by Crippen LogP contribution is 2.34. The number of nitrogens with one attached hydrogen (secondary N) is 8. The maximum Gasteiger partial charge on any atom is 0.305 e. The van der Waals surface area contributed by atoms with Crippen LogP contribution in [0.3, 0.4) is 0 Å². The number of nitrogens with two attached hydrogens (primary N) is 1. The highest BCUT2D eigenvalue weighted by atomic mass is 32.2. The largest absolute Gasteiger partial charge is 0.481 e. The zero-order valence-electron chi connectivity index (χ0n) is 48.5. The van der Waals surface area contributed by atoms with Crippen molar-refractivity contribution in [3.8, 4) is 0 Å². The summed E-state index contributed by atoms with van der Waals surface area (Å²) in [6.45, 7) is 0.903. The number of aromatic amines is 1. The molecule has 0 bridgehead atoms. The van der Waals surface area contributed by atoms with Gasteiger partial charge in [-0.3, -0.25) is 52.7 Å². The van der Waals surface area contributed by atoms with Gasteiger partial charge in [-0.2, -0.15) is 0 Å². The van der Waals surface area contributed by atoms with Crippen LogP contribution in [0.1, 0.15) is 82.9 Å². The van der Waals surface area contributed by atoms with Crippen LogP contribution >= 0.6 is 23.1 Å². The number of hydrogen-bond acceptors (Lipinski definition) is 18. The summed E-state index contributed by atoms with van der Waals surface area (Å²) in [5, 5.41) is 62.8. The zero-order valence-corrected chi connectivity index (χ0v) is 50.1. The number of carbonyl (C=O) groups is 12. The third-order valence-electron chi connectivity index (χ3n) is 15.5. The number of fused-ring (bicyclic) bond motifs is 5. The Morgan fingerprint density at radius 2 is 1.26 bits per heavy atom. The topological polar surface area (TPSA) is 436 Å². The van der Waals surface area contributed by atoms with Crippen LogP contribution in [0.4, 0.5) is 0 Å². The van der Waals surface area contributed by atoms with E-state index in [1.807, 2.05) is 22.2 Å². The van der Waals surface area contributed by atoms with Gasteiger partial charge in [-0.25, -0.2) is 4.98 Å². The first-order valence-corrected chi connectivity index (χ1v) is 30.8. The van der Waals surface area contributed by atoms with Gasteiger partial charge >= 0.3 is 5.97 Å². The second kappa shape index (κ2) is 31.6. The SMILES string of the molecule is CC(=O)C[C@H]1CCCCn2cc3sccc3c2SC[C@@H](C(N)=O)NC(=O)[C@H](Cc2cnc[nH]2)NC(=O)[C@H](CO)NC(=O)[C@H](CC(=O)O)NC(=O)[C@H](Cc2ccccc2)NC(=O)[C@@H]2CCCN2C(=O)[C@H](CO)NC(=O)[C@@H]2CCCN2C(=O)[C@H]([C@@H](C)O)NC1=O.